The number of nitrogens with zero attached hydrogens (tertiary/aromatic N) is 2. The molecule has 0 spiro atoms. The zero-order chi connectivity index (χ0) is 12.6. The minimum atomic E-state index is -3.37. The Balaban J connectivity index is 0.00000133. The first-order valence-electron chi connectivity index (χ1n) is 5.84. The number of sulfone groups is 1. The van der Waals surface area contributed by atoms with Crippen molar-refractivity contribution >= 4 is 33.3 Å². The largest absolute Gasteiger partial charge is 0.315 e. The summed E-state index contributed by atoms with van der Waals surface area (Å²) in [6.45, 7) is 1.24. The first kappa shape index (κ1) is 14.2. The number of hydrogen-bond acceptors (Lipinski definition) is 5. The highest BCUT2D eigenvalue weighted by molar-refractivity contribution is 7.92. The maximum absolute atomic E-state index is 12.3. The van der Waals surface area contributed by atoms with E-state index in [-0.39, 0.29) is 22.7 Å². The van der Waals surface area contributed by atoms with Crippen molar-refractivity contribution in [3.05, 3.63) is 30.5 Å². The van der Waals surface area contributed by atoms with Gasteiger partial charge in [0.05, 0.1) is 22.5 Å². The summed E-state index contributed by atoms with van der Waals surface area (Å²) in [5.74, 6) is 0. The van der Waals surface area contributed by atoms with E-state index in [9.17, 15) is 8.42 Å². The average Bonchev–Trinajstić information content (AvgIpc) is 2.92. The molecule has 0 radical (unpaired) electrons. The van der Waals surface area contributed by atoms with Crippen LogP contribution >= 0.6 is 12.4 Å². The Morgan fingerprint density at radius 2 is 1.95 bits per heavy atom. The van der Waals surface area contributed by atoms with Gasteiger partial charge in [-0.05, 0) is 25.1 Å². The molecule has 1 atom stereocenters. The van der Waals surface area contributed by atoms with E-state index in [0.29, 0.717) is 24.0 Å². The molecule has 5 nitrogen and oxygen atoms in total. The third-order valence-corrected chi connectivity index (χ3v) is 5.23. The summed E-state index contributed by atoms with van der Waals surface area (Å²) < 4.78 is 24.7. The fourth-order valence-electron chi connectivity index (χ4n) is 2.14. The number of nitrogens with one attached hydrogen (secondary N) is 1. The van der Waals surface area contributed by atoms with Crippen molar-refractivity contribution in [1.29, 1.82) is 0 Å². The van der Waals surface area contributed by atoms with Gasteiger partial charge in [0, 0.05) is 6.54 Å². The first-order valence-corrected chi connectivity index (χ1v) is 7.39. The predicted octanol–water partition coefficient (Wildman–Crippen LogP) is 1.19. The van der Waals surface area contributed by atoms with Crippen molar-refractivity contribution in [3.8, 4) is 0 Å². The van der Waals surface area contributed by atoms with Crippen LogP contribution in [0.4, 0.5) is 0 Å². The van der Waals surface area contributed by atoms with Crippen molar-refractivity contribution < 1.29 is 8.42 Å². The van der Waals surface area contributed by atoms with Gasteiger partial charge in [0.2, 0.25) is 9.84 Å². The lowest BCUT2D eigenvalue weighted by molar-refractivity contribution is 0.579. The number of hydrogen-bond donors (Lipinski definition) is 1. The van der Waals surface area contributed by atoms with Crippen LogP contribution in [0.3, 0.4) is 0 Å². The molecule has 0 aliphatic carbocycles. The van der Waals surface area contributed by atoms with Gasteiger partial charge in [-0.3, -0.25) is 4.98 Å². The molecular weight excluding hydrogens is 286 g/mol. The van der Waals surface area contributed by atoms with Crippen LogP contribution in [0.2, 0.25) is 0 Å². The summed E-state index contributed by atoms with van der Waals surface area (Å²) in [6, 6.07) is 7.26. The van der Waals surface area contributed by atoms with Crippen molar-refractivity contribution in [2.75, 3.05) is 13.1 Å². The maximum atomic E-state index is 12.3. The van der Waals surface area contributed by atoms with Gasteiger partial charge in [-0.25, -0.2) is 13.4 Å². The summed E-state index contributed by atoms with van der Waals surface area (Å²) in [5, 5.41) is 2.76. The van der Waals surface area contributed by atoms with E-state index < -0.39 is 9.84 Å². The highest BCUT2D eigenvalue weighted by Crippen LogP contribution is 2.19. The summed E-state index contributed by atoms with van der Waals surface area (Å²) in [5.41, 5.74) is 1.32. The van der Waals surface area contributed by atoms with E-state index in [1.54, 1.807) is 6.07 Å². The van der Waals surface area contributed by atoms with Crippen molar-refractivity contribution in [3.63, 3.8) is 0 Å². The summed E-state index contributed by atoms with van der Waals surface area (Å²) in [7, 11) is -3.37. The Labute approximate surface area is 117 Å². The predicted molar refractivity (Wildman–Crippen MR) is 75.2 cm³/mol. The Morgan fingerprint density at radius 3 is 2.63 bits per heavy atom. The molecule has 1 aromatic heterocycles. The van der Waals surface area contributed by atoms with E-state index in [4.69, 9.17) is 0 Å². The second-order valence-electron chi connectivity index (χ2n) is 4.36. The fraction of sp³-hybridized carbons (Fsp3) is 0.333. The molecule has 1 aliphatic heterocycles. The van der Waals surface area contributed by atoms with Crippen LogP contribution in [0.5, 0.6) is 0 Å². The second-order valence-corrected chi connectivity index (χ2v) is 6.53. The second kappa shape index (κ2) is 5.40. The average molecular weight is 300 g/mol. The van der Waals surface area contributed by atoms with Crippen LogP contribution in [0.15, 0.2) is 35.5 Å². The fourth-order valence-corrected chi connectivity index (χ4v) is 3.67. The van der Waals surface area contributed by atoms with Gasteiger partial charge in [0.1, 0.15) is 0 Å². The van der Waals surface area contributed by atoms with Crippen molar-refractivity contribution in [2.45, 2.75) is 16.7 Å². The van der Waals surface area contributed by atoms with Gasteiger partial charge in [-0.1, -0.05) is 12.1 Å². The topological polar surface area (TPSA) is 72.0 Å². The SMILES string of the molecule is Cl.O=S(=O)(c1cnc2ccccc2n1)[C@H]1CCNC1. The molecule has 3 rings (SSSR count). The molecule has 1 N–H and O–H groups in total. The number of para-hydroxylation sites is 2. The minimum absolute atomic E-state index is 0. The van der Waals surface area contributed by atoms with Gasteiger partial charge in [-0.15, -0.1) is 12.4 Å². The summed E-state index contributed by atoms with van der Waals surface area (Å²) in [6.07, 6.45) is 1.99. The summed E-state index contributed by atoms with van der Waals surface area (Å²) >= 11 is 0. The molecule has 19 heavy (non-hydrogen) atoms. The molecule has 1 fully saturated rings. The number of benzene rings is 1. The molecule has 1 aliphatic rings. The van der Waals surface area contributed by atoms with Gasteiger partial charge in [-0.2, -0.15) is 0 Å². The number of aromatic nitrogens is 2. The molecular formula is C12H14ClN3O2S. The van der Waals surface area contributed by atoms with Gasteiger partial charge in [0.15, 0.2) is 5.03 Å². The van der Waals surface area contributed by atoms with Crippen molar-refractivity contribution in [1.82, 2.24) is 15.3 Å². The third kappa shape index (κ3) is 2.56. The number of rotatable bonds is 2. The highest BCUT2D eigenvalue weighted by atomic mass is 35.5. The van der Waals surface area contributed by atoms with Crippen LogP contribution in [0.25, 0.3) is 11.0 Å². The number of halogens is 1. The maximum Gasteiger partial charge on any atom is 0.201 e. The Bertz CT molecular complexity index is 684. The van der Waals surface area contributed by atoms with E-state index in [1.165, 1.54) is 6.20 Å². The normalized spacial score (nSPS) is 19.3. The zero-order valence-corrected chi connectivity index (χ0v) is 11.7. The molecule has 0 unspecified atom stereocenters. The standard InChI is InChI=1S/C12H13N3O2S.ClH/c16-18(17,9-5-6-13-7-9)12-8-14-10-3-1-2-4-11(10)15-12;/h1-4,8-9,13H,5-7H2;1H/t9-;/m0./s1. The third-order valence-electron chi connectivity index (χ3n) is 3.17. The molecule has 1 saturated heterocycles. The van der Waals surface area contributed by atoms with Crippen LogP contribution in [0, 0.1) is 0 Å². The van der Waals surface area contributed by atoms with Crippen LogP contribution < -0.4 is 5.32 Å². The molecule has 0 bridgehead atoms. The van der Waals surface area contributed by atoms with E-state index in [1.807, 2.05) is 18.2 Å². The molecule has 2 aromatic rings. The lowest BCUT2D eigenvalue weighted by atomic mass is 10.3. The van der Waals surface area contributed by atoms with Gasteiger partial charge < -0.3 is 5.32 Å². The van der Waals surface area contributed by atoms with E-state index in [2.05, 4.69) is 15.3 Å². The Morgan fingerprint density at radius 1 is 1.21 bits per heavy atom. The molecule has 1 aromatic carbocycles. The molecule has 0 saturated carbocycles. The van der Waals surface area contributed by atoms with E-state index in [0.717, 1.165) is 6.54 Å². The Kier molecular flexibility index (Phi) is 4.03. The van der Waals surface area contributed by atoms with Gasteiger partial charge in [0.25, 0.3) is 0 Å². The zero-order valence-electron chi connectivity index (χ0n) is 10.1. The lowest BCUT2D eigenvalue weighted by Crippen LogP contribution is -2.24. The monoisotopic (exact) mass is 299 g/mol. The van der Waals surface area contributed by atoms with Crippen LogP contribution in [-0.4, -0.2) is 36.7 Å². The molecule has 2 heterocycles. The molecule has 7 heteroatoms. The highest BCUT2D eigenvalue weighted by Gasteiger charge is 2.31. The van der Waals surface area contributed by atoms with Gasteiger partial charge >= 0.3 is 0 Å². The molecule has 0 amide bonds. The first-order chi connectivity index (χ1) is 8.68. The molecule has 102 valence electrons. The summed E-state index contributed by atoms with van der Waals surface area (Å²) in [4.78, 5) is 8.37. The smallest absolute Gasteiger partial charge is 0.201 e. The minimum Gasteiger partial charge on any atom is -0.315 e. The van der Waals surface area contributed by atoms with Crippen LogP contribution in [0.1, 0.15) is 6.42 Å². The number of fused-ring (bicyclic) bond motifs is 1. The lowest BCUT2D eigenvalue weighted by Gasteiger charge is -2.09. The quantitative estimate of drug-likeness (QED) is 0.902. The van der Waals surface area contributed by atoms with Crippen molar-refractivity contribution in [2.24, 2.45) is 0 Å². The Hall–Kier alpha value is -1.24. The van der Waals surface area contributed by atoms with E-state index >= 15 is 0 Å². The van der Waals surface area contributed by atoms with Crippen LogP contribution in [-0.2, 0) is 9.84 Å².